The first kappa shape index (κ1) is 13.0. The fraction of sp³-hybridized carbons (Fsp3) is 0.438. The van der Waals surface area contributed by atoms with Crippen molar-refractivity contribution in [2.24, 2.45) is 0 Å². The number of hydrogen-bond acceptors (Lipinski definition) is 3. The topological polar surface area (TPSA) is 47.6 Å². The summed E-state index contributed by atoms with van der Waals surface area (Å²) in [4.78, 5) is 12.2. The van der Waals surface area contributed by atoms with Gasteiger partial charge in [0.2, 0.25) is 0 Å². The highest BCUT2D eigenvalue weighted by molar-refractivity contribution is 5.99. The van der Waals surface area contributed by atoms with Gasteiger partial charge in [0.15, 0.2) is 0 Å². The molecular formula is C16H19NO3. The molecule has 1 aliphatic heterocycles. The molecule has 1 amide bonds. The molecule has 1 fully saturated rings. The van der Waals surface area contributed by atoms with Crippen molar-refractivity contribution in [1.29, 1.82) is 0 Å². The monoisotopic (exact) mass is 273 g/mol. The number of hydrogen-bond donors (Lipinski definition) is 1. The molecule has 2 aliphatic rings. The lowest BCUT2D eigenvalue weighted by Crippen LogP contribution is -2.35. The SMILES string of the molecule is COc1ccc2c(c1)C=C(C(=O)NC1CCCC1)CO2. The Morgan fingerprint density at radius 3 is 2.90 bits per heavy atom. The smallest absolute Gasteiger partial charge is 0.250 e. The molecule has 1 aromatic carbocycles. The summed E-state index contributed by atoms with van der Waals surface area (Å²) in [6, 6.07) is 5.94. The van der Waals surface area contributed by atoms with Crippen molar-refractivity contribution >= 4 is 12.0 Å². The molecule has 1 N–H and O–H groups in total. The zero-order valence-electron chi connectivity index (χ0n) is 11.6. The van der Waals surface area contributed by atoms with E-state index < -0.39 is 0 Å². The summed E-state index contributed by atoms with van der Waals surface area (Å²) in [6.45, 7) is 0.331. The third-order valence-corrected chi connectivity index (χ3v) is 3.91. The van der Waals surface area contributed by atoms with Gasteiger partial charge in [-0.1, -0.05) is 12.8 Å². The quantitative estimate of drug-likeness (QED) is 0.920. The summed E-state index contributed by atoms with van der Waals surface area (Å²) in [6.07, 6.45) is 6.49. The molecule has 4 nitrogen and oxygen atoms in total. The zero-order chi connectivity index (χ0) is 13.9. The minimum atomic E-state index is -0.00892. The Kier molecular flexibility index (Phi) is 3.63. The molecule has 106 valence electrons. The van der Waals surface area contributed by atoms with Crippen LogP contribution in [-0.2, 0) is 4.79 Å². The van der Waals surface area contributed by atoms with Gasteiger partial charge in [-0.2, -0.15) is 0 Å². The first-order chi connectivity index (χ1) is 9.76. The predicted molar refractivity (Wildman–Crippen MR) is 76.9 cm³/mol. The second-order valence-corrected chi connectivity index (χ2v) is 5.32. The Bertz CT molecular complexity index is 545. The zero-order valence-corrected chi connectivity index (χ0v) is 11.6. The summed E-state index contributed by atoms with van der Waals surface area (Å²) in [5.41, 5.74) is 1.57. The minimum Gasteiger partial charge on any atom is -0.497 e. The van der Waals surface area contributed by atoms with Crippen molar-refractivity contribution in [2.45, 2.75) is 31.7 Å². The van der Waals surface area contributed by atoms with Gasteiger partial charge in [0.1, 0.15) is 18.1 Å². The van der Waals surface area contributed by atoms with Crippen LogP contribution in [0.15, 0.2) is 23.8 Å². The fourth-order valence-electron chi connectivity index (χ4n) is 2.76. The van der Waals surface area contributed by atoms with Crippen LogP contribution in [0.4, 0.5) is 0 Å². The number of fused-ring (bicyclic) bond motifs is 1. The van der Waals surface area contributed by atoms with Crippen LogP contribution in [0.3, 0.4) is 0 Å². The van der Waals surface area contributed by atoms with Gasteiger partial charge in [-0.25, -0.2) is 0 Å². The number of carbonyl (C=O) groups excluding carboxylic acids is 1. The van der Waals surface area contributed by atoms with Gasteiger partial charge >= 0.3 is 0 Å². The molecule has 3 rings (SSSR count). The van der Waals surface area contributed by atoms with Crippen LogP contribution in [0.2, 0.25) is 0 Å². The van der Waals surface area contributed by atoms with E-state index >= 15 is 0 Å². The average Bonchev–Trinajstić information content (AvgIpc) is 2.99. The molecule has 1 aromatic rings. The fourth-order valence-corrected chi connectivity index (χ4v) is 2.76. The van der Waals surface area contributed by atoms with E-state index in [-0.39, 0.29) is 5.91 Å². The molecule has 1 aliphatic carbocycles. The highest BCUT2D eigenvalue weighted by Gasteiger charge is 2.22. The number of benzene rings is 1. The molecule has 0 spiro atoms. The van der Waals surface area contributed by atoms with E-state index in [1.165, 1.54) is 12.8 Å². The maximum absolute atomic E-state index is 12.2. The average molecular weight is 273 g/mol. The van der Waals surface area contributed by atoms with Crippen molar-refractivity contribution in [3.05, 3.63) is 29.3 Å². The van der Waals surface area contributed by atoms with E-state index in [0.29, 0.717) is 18.2 Å². The molecule has 4 heteroatoms. The summed E-state index contributed by atoms with van der Waals surface area (Å²) >= 11 is 0. The van der Waals surface area contributed by atoms with E-state index in [1.54, 1.807) is 7.11 Å². The summed E-state index contributed by atoms with van der Waals surface area (Å²) in [5.74, 6) is 1.55. The van der Waals surface area contributed by atoms with Crippen molar-refractivity contribution in [3.63, 3.8) is 0 Å². The lowest BCUT2D eigenvalue weighted by atomic mass is 10.1. The Morgan fingerprint density at radius 2 is 2.15 bits per heavy atom. The number of nitrogens with one attached hydrogen (secondary N) is 1. The van der Waals surface area contributed by atoms with Gasteiger partial charge in [0, 0.05) is 11.6 Å². The van der Waals surface area contributed by atoms with Gasteiger partial charge in [0.05, 0.1) is 12.7 Å². The Hall–Kier alpha value is -1.97. The third kappa shape index (κ3) is 2.64. The van der Waals surface area contributed by atoms with Crippen LogP contribution in [0.5, 0.6) is 11.5 Å². The predicted octanol–water partition coefficient (Wildman–Crippen LogP) is 2.53. The molecule has 1 saturated carbocycles. The Morgan fingerprint density at radius 1 is 1.35 bits per heavy atom. The number of rotatable bonds is 3. The maximum Gasteiger partial charge on any atom is 0.250 e. The van der Waals surface area contributed by atoms with E-state index in [1.807, 2.05) is 24.3 Å². The van der Waals surface area contributed by atoms with E-state index in [9.17, 15) is 4.79 Å². The van der Waals surface area contributed by atoms with Crippen LogP contribution in [0, 0.1) is 0 Å². The first-order valence-corrected chi connectivity index (χ1v) is 7.08. The third-order valence-electron chi connectivity index (χ3n) is 3.91. The largest absolute Gasteiger partial charge is 0.497 e. The molecular weight excluding hydrogens is 254 g/mol. The number of carbonyl (C=O) groups is 1. The van der Waals surface area contributed by atoms with Crippen molar-refractivity contribution in [3.8, 4) is 11.5 Å². The van der Waals surface area contributed by atoms with Crippen molar-refractivity contribution in [1.82, 2.24) is 5.32 Å². The van der Waals surface area contributed by atoms with E-state index in [2.05, 4.69) is 5.32 Å². The standard InChI is InChI=1S/C16H19NO3/c1-19-14-6-7-15-11(9-14)8-12(10-20-15)16(18)17-13-4-2-3-5-13/h6-9,13H,2-5,10H2,1H3,(H,17,18). The van der Waals surface area contributed by atoms with Crippen LogP contribution < -0.4 is 14.8 Å². The second-order valence-electron chi connectivity index (χ2n) is 5.32. The molecule has 0 unspecified atom stereocenters. The molecule has 0 saturated heterocycles. The van der Waals surface area contributed by atoms with Crippen molar-refractivity contribution in [2.75, 3.05) is 13.7 Å². The van der Waals surface area contributed by atoms with Crippen LogP contribution in [0.25, 0.3) is 6.08 Å². The van der Waals surface area contributed by atoms with Crippen LogP contribution in [0.1, 0.15) is 31.2 Å². The second kappa shape index (κ2) is 5.57. The van der Waals surface area contributed by atoms with Gasteiger partial charge < -0.3 is 14.8 Å². The summed E-state index contributed by atoms with van der Waals surface area (Å²) in [5, 5.41) is 3.09. The molecule has 20 heavy (non-hydrogen) atoms. The summed E-state index contributed by atoms with van der Waals surface area (Å²) < 4.78 is 10.8. The first-order valence-electron chi connectivity index (χ1n) is 7.08. The molecule has 0 radical (unpaired) electrons. The Balaban J connectivity index is 1.76. The molecule has 1 heterocycles. The molecule has 0 aromatic heterocycles. The molecule has 0 bridgehead atoms. The van der Waals surface area contributed by atoms with E-state index in [4.69, 9.17) is 9.47 Å². The molecule has 0 atom stereocenters. The Labute approximate surface area is 118 Å². The number of ether oxygens (including phenoxy) is 2. The minimum absolute atomic E-state index is 0.00892. The number of amides is 1. The van der Waals surface area contributed by atoms with Crippen LogP contribution in [-0.4, -0.2) is 25.7 Å². The van der Waals surface area contributed by atoms with Crippen LogP contribution >= 0.6 is 0 Å². The van der Waals surface area contributed by atoms with Gasteiger partial charge in [-0.05, 0) is 37.1 Å². The number of methoxy groups -OCH3 is 1. The maximum atomic E-state index is 12.2. The van der Waals surface area contributed by atoms with E-state index in [0.717, 1.165) is 29.9 Å². The highest BCUT2D eigenvalue weighted by Crippen LogP contribution is 2.30. The van der Waals surface area contributed by atoms with Crippen molar-refractivity contribution < 1.29 is 14.3 Å². The lowest BCUT2D eigenvalue weighted by Gasteiger charge is -2.20. The van der Waals surface area contributed by atoms with Gasteiger partial charge in [-0.3, -0.25) is 4.79 Å². The lowest BCUT2D eigenvalue weighted by molar-refractivity contribution is -0.118. The highest BCUT2D eigenvalue weighted by atomic mass is 16.5. The van der Waals surface area contributed by atoms with Gasteiger partial charge in [-0.15, -0.1) is 0 Å². The normalized spacial score (nSPS) is 17.9. The summed E-state index contributed by atoms with van der Waals surface area (Å²) in [7, 11) is 1.63. The van der Waals surface area contributed by atoms with Gasteiger partial charge in [0.25, 0.3) is 5.91 Å².